The van der Waals surface area contributed by atoms with Crippen molar-refractivity contribution in [3.8, 4) is 11.8 Å². The summed E-state index contributed by atoms with van der Waals surface area (Å²) in [4.78, 5) is 0. The molecule has 0 unspecified atom stereocenters. The monoisotopic (exact) mass is 453 g/mol. The molecule has 7 heteroatoms. The van der Waals surface area contributed by atoms with E-state index < -0.39 is 37.1 Å². The zero-order valence-corrected chi connectivity index (χ0v) is 18.9. The van der Waals surface area contributed by atoms with Gasteiger partial charge in [-0.2, -0.15) is 5.26 Å². The average Bonchev–Trinajstić information content (AvgIpc) is 3.63. The maximum atomic E-state index is 10.6. The van der Waals surface area contributed by atoms with Crippen molar-refractivity contribution >= 4 is 0 Å². The van der Waals surface area contributed by atoms with Gasteiger partial charge in [-0.25, -0.2) is 0 Å². The molecule has 2 aromatic carbocycles. The van der Waals surface area contributed by atoms with E-state index in [1.807, 2.05) is 13.8 Å². The minimum atomic E-state index is -1.48. The van der Waals surface area contributed by atoms with Crippen molar-refractivity contribution in [2.24, 2.45) is 0 Å². The summed E-state index contributed by atoms with van der Waals surface area (Å²) in [5.74, 6) is 1.03. The van der Waals surface area contributed by atoms with Crippen LogP contribution in [0, 0.1) is 11.3 Å². The van der Waals surface area contributed by atoms with Gasteiger partial charge in [0.1, 0.15) is 42.3 Å². The highest BCUT2D eigenvalue weighted by molar-refractivity contribution is 5.53. The van der Waals surface area contributed by atoms with Crippen LogP contribution < -0.4 is 4.74 Å². The third kappa shape index (κ3) is 5.06. The van der Waals surface area contributed by atoms with E-state index in [0.717, 1.165) is 5.56 Å². The molecule has 2 fully saturated rings. The van der Waals surface area contributed by atoms with Crippen molar-refractivity contribution in [1.82, 2.24) is 0 Å². The van der Waals surface area contributed by atoms with E-state index in [-0.39, 0.29) is 6.10 Å². The molecule has 2 aromatic rings. The normalized spacial score (nSPS) is 27.4. The standard InChI is InChI=1S/C26H31NO6/c1-14(2)32-21-11-19(26-25(31)24(30)23(29)22(13-28)33-26)10-18(20(21)12-27)9-15-3-5-16(6-4-15)17-7-8-17/h3-6,10-11,14,17,22-26,28-31H,7-9,13H2,1-2H3/t22-,23-,24+,25-,26+/m1/s1. The summed E-state index contributed by atoms with van der Waals surface area (Å²) in [6.07, 6.45) is -3.59. The Hall–Kier alpha value is -2.47. The van der Waals surface area contributed by atoms with E-state index in [2.05, 4.69) is 30.3 Å². The Morgan fingerprint density at radius 1 is 1.03 bits per heavy atom. The smallest absolute Gasteiger partial charge is 0.138 e. The average molecular weight is 454 g/mol. The summed E-state index contributed by atoms with van der Waals surface area (Å²) in [7, 11) is 0. The van der Waals surface area contributed by atoms with Crippen molar-refractivity contribution in [3.63, 3.8) is 0 Å². The minimum absolute atomic E-state index is 0.187. The summed E-state index contributed by atoms with van der Waals surface area (Å²) < 4.78 is 11.7. The molecule has 1 saturated heterocycles. The summed E-state index contributed by atoms with van der Waals surface area (Å²) in [5, 5.41) is 50.5. The zero-order chi connectivity index (χ0) is 23.7. The zero-order valence-electron chi connectivity index (χ0n) is 18.9. The molecule has 33 heavy (non-hydrogen) atoms. The molecular weight excluding hydrogens is 422 g/mol. The van der Waals surface area contributed by atoms with Crippen LogP contribution in [-0.4, -0.2) is 57.6 Å². The van der Waals surface area contributed by atoms with Crippen molar-refractivity contribution in [2.75, 3.05) is 6.61 Å². The first-order valence-electron chi connectivity index (χ1n) is 11.4. The third-order valence-electron chi connectivity index (χ3n) is 6.32. The minimum Gasteiger partial charge on any atom is -0.490 e. The van der Waals surface area contributed by atoms with Crippen molar-refractivity contribution < 1.29 is 29.9 Å². The van der Waals surface area contributed by atoms with Crippen LogP contribution in [0.2, 0.25) is 0 Å². The number of hydrogen-bond acceptors (Lipinski definition) is 7. The number of aliphatic hydroxyl groups is 4. The van der Waals surface area contributed by atoms with Gasteiger partial charge < -0.3 is 29.9 Å². The van der Waals surface area contributed by atoms with Gasteiger partial charge in [-0.1, -0.05) is 30.3 Å². The van der Waals surface area contributed by atoms with Gasteiger partial charge in [0.05, 0.1) is 18.3 Å². The van der Waals surface area contributed by atoms with E-state index in [0.29, 0.717) is 34.8 Å². The van der Waals surface area contributed by atoms with Gasteiger partial charge in [-0.05, 0) is 67.3 Å². The molecule has 7 nitrogen and oxygen atoms in total. The fourth-order valence-electron chi connectivity index (χ4n) is 4.40. The molecule has 1 aliphatic carbocycles. The molecule has 0 spiro atoms. The van der Waals surface area contributed by atoms with Crippen LogP contribution in [0.4, 0.5) is 0 Å². The predicted molar refractivity (Wildman–Crippen MR) is 121 cm³/mol. The Bertz CT molecular complexity index is 1010. The number of ether oxygens (including phenoxy) is 2. The van der Waals surface area contributed by atoms with Crippen LogP contribution in [0.5, 0.6) is 5.75 Å². The summed E-state index contributed by atoms with van der Waals surface area (Å²) in [6, 6.07) is 14.0. The van der Waals surface area contributed by atoms with Crippen LogP contribution in [0.15, 0.2) is 36.4 Å². The van der Waals surface area contributed by atoms with Gasteiger partial charge in [0.25, 0.3) is 0 Å². The Balaban J connectivity index is 1.72. The predicted octanol–water partition coefficient (Wildman–Crippen LogP) is 2.33. The lowest BCUT2D eigenvalue weighted by molar-refractivity contribution is -0.231. The van der Waals surface area contributed by atoms with Crippen LogP contribution in [-0.2, 0) is 11.2 Å². The lowest BCUT2D eigenvalue weighted by Crippen LogP contribution is -2.55. The molecule has 0 radical (unpaired) electrons. The molecule has 2 aliphatic rings. The largest absolute Gasteiger partial charge is 0.490 e. The fraction of sp³-hybridized carbons (Fsp3) is 0.500. The van der Waals surface area contributed by atoms with Gasteiger partial charge in [0.15, 0.2) is 0 Å². The maximum Gasteiger partial charge on any atom is 0.138 e. The molecule has 5 atom stereocenters. The van der Waals surface area contributed by atoms with Crippen LogP contribution in [0.1, 0.15) is 66.5 Å². The Labute approximate surface area is 193 Å². The lowest BCUT2D eigenvalue weighted by atomic mass is 9.88. The van der Waals surface area contributed by atoms with Crippen LogP contribution >= 0.6 is 0 Å². The Kier molecular flexibility index (Phi) is 7.03. The number of rotatable bonds is 7. The SMILES string of the molecule is CC(C)Oc1cc([C@@H]2O[C@H](CO)[C@@H](O)[C@H](O)[C@H]2O)cc(Cc2ccc(C3CC3)cc2)c1C#N. The van der Waals surface area contributed by atoms with Crippen LogP contribution in [0.3, 0.4) is 0 Å². The molecule has 4 N–H and O–H groups in total. The van der Waals surface area contributed by atoms with Crippen molar-refractivity contribution in [2.45, 2.75) is 75.7 Å². The first-order valence-corrected chi connectivity index (χ1v) is 11.4. The van der Waals surface area contributed by atoms with Gasteiger partial charge in [-0.15, -0.1) is 0 Å². The Morgan fingerprint density at radius 3 is 2.30 bits per heavy atom. The highest BCUT2D eigenvalue weighted by atomic mass is 16.5. The fourth-order valence-corrected chi connectivity index (χ4v) is 4.40. The van der Waals surface area contributed by atoms with E-state index in [9.17, 15) is 25.7 Å². The number of nitriles is 1. The second kappa shape index (κ2) is 9.80. The molecular formula is C26H31NO6. The third-order valence-corrected chi connectivity index (χ3v) is 6.32. The van der Waals surface area contributed by atoms with Gasteiger partial charge >= 0.3 is 0 Å². The van der Waals surface area contributed by atoms with Crippen molar-refractivity contribution in [1.29, 1.82) is 5.26 Å². The second-order valence-electron chi connectivity index (χ2n) is 9.27. The summed E-state index contributed by atoms with van der Waals surface area (Å²) in [6.45, 7) is 3.21. The highest BCUT2D eigenvalue weighted by Gasteiger charge is 2.44. The Morgan fingerprint density at radius 2 is 1.73 bits per heavy atom. The first-order chi connectivity index (χ1) is 15.8. The summed E-state index contributed by atoms with van der Waals surface area (Å²) >= 11 is 0. The molecule has 4 rings (SSSR count). The van der Waals surface area contributed by atoms with Gasteiger partial charge in [-0.3, -0.25) is 0 Å². The van der Waals surface area contributed by atoms with E-state index >= 15 is 0 Å². The van der Waals surface area contributed by atoms with E-state index in [1.54, 1.807) is 12.1 Å². The lowest BCUT2D eigenvalue weighted by Gasteiger charge is -2.40. The molecule has 0 amide bonds. The van der Waals surface area contributed by atoms with Gasteiger partial charge in [0.2, 0.25) is 0 Å². The first kappa shape index (κ1) is 23.7. The maximum absolute atomic E-state index is 10.6. The molecule has 0 aromatic heterocycles. The number of nitrogens with zero attached hydrogens (tertiary/aromatic N) is 1. The van der Waals surface area contributed by atoms with Gasteiger partial charge in [0, 0.05) is 0 Å². The molecule has 0 bridgehead atoms. The molecule has 1 saturated carbocycles. The topological polar surface area (TPSA) is 123 Å². The molecule has 176 valence electrons. The highest BCUT2D eigenvalue weighted by Crippen LogP contribution is 2.40. The number of hydrogen-bond donors (Lipinski definition) is 4. The molecule has 1 heterocycles. The van der Waals surface area contributed by atoms with E-state index in [1.165, 1.54) is 18.4 Å². The second-order valence-corrected chi connectivity index (χ2v) is 9.27. The molecule has 1 aliphatic heterocycles. The van der Waals surface area contributed by atoms with E-state index in [4.69, 9.17) is 9.47 Å². The number of aliphatic hydroxyl groups excluding tert-OH is 4. The van der Waals surface area contributed by atoms with Crippen molar-refractivity contribution in [3.05, 3.63) is 64.2 Å². The number of benzene rings is 2. The quantitative estimate of drug-likeness (QED) is 0.507. The van der Waals surface area contributed by atoms with Crippen LogP contribution in [0.25, 0.3) is 0 Å². The summed E-state index contributed by atoms with van der Waals surface area (Å²) in [5.41, 5.74) is 3.99.